The summed E-state index contributed by atoms with van der Waals surface area (Å²) in [4.78, 5) is 29.6. The van der Waals surface area contributed by atoms with Gasteiger partial charge in [0.25, 0.3) is 0 Å². The molecule has 6 heteroatoms. The number of hydrogen-bond acceptors (Lipinski definition) is 6. The fraction of sp³-hybridized carbons (Fsp3) is 0.120. The quantitative estimate of drug-likeness (QED) is 0.155. The first-order valence-electron chi connectivity index (χ1n) is 19.3. The molecule has 2 aliphatic rings. The van der Waals surface area contributed by atoms with Crippen molar-refractivity contribution in [2.75, 3.05) is 0 Å². The fourth-order valence-electron chi connectivity index (χ4n) is 7.15. The minimum atomic E-state index is 0.656. The number of nitrogens with zero attached hydrogens (tertiary/aromatic N) is 6. The Bertz CT molecular complexity index is 2490. The second-order valence-corrected chi connectivity index (χ2v) is 14.3. The number of rotatable bonds is 8. The normalized spacial score (nSPS) is 13.7. The van der Waals surface area contributed by atoms with Crippen LogP contribution in [0.4, 0.5) is 0 Å². The highest BCUT2D eigenvalue weighted by molar-refractivity contribution is 5.86. The van der Waals surface area contributed by atoms with Crippen LogP contribution in [0.3, 0.4) is 0 Å². The molecule has 56 heavy (non-hydrogen) atoms. The Morgan fingerprint density at radius 3 is 1.00 bits per heavy atom. The van der Waals surface area contributed by atoms with Crippen molar-refractivity contribution in [3.63, 3.8) is 0 Å². The average Bonchev–Trinajstić information content (AvgIpc) is 3.28. The van der Waals surface area contributed by atoms with Crippen molar-refractivity contribution < 1.29 is 0 Å². The Hall–Kier alpha value is -6.92. The van der Waals surface area contributed by atoms with Crippen LogP contribution in [-0.4, -0.2) is 29.9 Å². The van der Waals surface area contributed by atoms with Crippen molar-refractivity contribution in [3.8, 4) is 67.8 Å². The fourth-order valence-corrected chi connectivity index (χ4v) is 7.15. The molecule has 0 unspecified atom stereocenters. The summed E-state index contributed by atoms with van der Waals surface area (Å²) in [5.74, 6) is 4.04. The van der Waals surface area contributed by atoms with Gasteiger partial charge < -0.3 is 0 Å². The molecule has 9 rings (SSSR count). The Balaban J connectivity index is 1.07. The van der Waals surface area contributed by atoms with Gasteiger partial charge in [0.05, 0.1) is 0 Å². The zero-order chi connectivity index (χ0) is 37.8. The molecule has 0 saturated heterocycles. The molecular weight excluding hydrogens is 685 g/mol. The van der Waals surface area contributed by atoms with E-state index in [-0.39, 0.29) is 0 Å². The largest absolute Gasteiger partial charge is 0.208 e. The maximum Gasteiger partial charge on any atom is 0.164 e. The smallest absolute Gasteiger partial charge is 0.164 e. The summed E-state index contributed by atoms with van der Waals surface area (Å²) in [5, 5.41) is 0. The molecule has 0 spiro atoms. The van der Waals surface area contributed by atoms with Crippen molar-refractivity contribution in [2.24, 2.45) is 0 Å². The van der Waals surface area contributed by atoms with Crippen molar-refractivity contribution in [1.82, 2.24) is 29.9 Å². The molecule has 2 aliphatic carbocycles. The van der Waals surface area contributed by atoms with Crippen LogP contribution in [0.15, 0.2) is 158 Å². The van der Waals surface area contributed by atoms with E-state index in [1.807, 2.05) is 60.7 Å². The molecule has 0 aliphatic heterocycles. The third kappa shape index (κ3) is 7.29. The first-order valence-corrected chi connectivity index (χ1v) is 19.3. The summed E-state index contributed by atoms with van der Waals surface area (Å²) in [6, 6.07) is 42.0. The maximum absolute atomic E-state index is 4.97. The molecule has 0 atom stereocenters. The molecular formula is C50H40N6. The molecule has 5 aromatic carbocycles. The Morgan fingerprint density at radius 1 is 0.339 bits per heavy atom. The molecule has 2 aromatic heterocycles. The number of aryl methyl sites for hydroxylation is 2. The van der Waals surface area contributed by atoms with E-state index in [0.717, 1.165) is 81.3 Å². The van der Waals surface area contributed by atoms with Gasteiger partial charge in [-0.3, -0.25) is 0 Å². The number of hydrogen-bond donors (Lipinski definition) is 0. The highest BCUT2D eigenvalue weighted by Crippen LogP contribution is 2.37. The zero-order valence-corrected chi connectivity index (χ0v) is 31.5. The Labute approximate surface area is 327 Å². The van der Waals surface area contributed by atoms with Gasteiger partial charge >= 0.3 is 0 Å². The van der Waals surface area contributed by atoms with E-state index in [4.69, 9.17) is 29.9 Å². The van der Waals surface area contributed by atoms with Crippen molar-refractivity contribution >= 4 is 11.1 Å². The lowest BCUT2D eigenvalue weighted by molar-refractivity contribution is 1.01. The van der Waals surface area contributed by atoms with Crippen LogP contribution in [0, 0.1) is 13.8 Å². The number of allylic oxidation sites excluding steroid dienone is 8. The third-order valence-electron chi connectivity index (χ3n) is 10.4. The molecule has 0 radical (unpaired) electrons. The summed E-state index contributed by atoms with van der Waals surface area (Å²) in [6.07, 6.45) is 17.0. The highest BCUT2D eigenvalue weighted by Gasteiger charge is 2.17. The molecule has 0 amide bonds. The lowest BCUT2D eigenvalue weighted by Gasteiger charge is -2.15. The van der Waals surface area contributed by atoms with E-state index < -0.39 is 0 Å². The second kappa shape index (κ2) is 15.4. The molecule has 0 saturated carbocycles. The first kappa shape index (κ1) is 34.8. The lowest BCUT2D eigenvalue weighted by Crippen LogP contribution is -2.03. The minimum absolute atomic E-state index is 0.656. The molecule has 0 N–H and O–H groups in total. The third-order valence-corrected chi connectivity index (χ3v) is 10.4. The second-order valence-electron chi connectivity index (χ2n) is 14.3. The van der Waals surface area contributed by atoms with E-state index in [1.165, 1.54) is 11.1 Å². The van der Waals surface area contributed by atoms with Gasteiger partial charge in [0, 0.05) is 33.4 Å². The summed E-state index contributed by atoms with van der Waals surface area (Å²) < 4.78 is 0. The predicted molar refractivity (Wildman–Crippen MR) is 228 cm³/mol. The standard InChI is InChI=1S/C50H40N6/c1-33-31-43(35-23-27-41(28-24-35)49-53-45(37-15-7-3-8-16-37)51-46(54-49)38-17-9-4-10-18-38)44(32-34(33)2)36-25-29-42(30-26-36)50-55-47(39-19-11-5-12-20-39)52-48(56-50)40-21-13-6-14-22-40/h3,5,7-9,11-13,15-32H,4,6,10,14H2,1-2H3. The first-order chi connectivity index (χ1) is 27.6. The van der Waals surface area contributed by atoms with Crippen molar-refractivity contribution in [1.29, 1.82) is 0 Å². The van der Waals surface area contributed by atoms with Crippen LogP contribution in [0.5, 0.6) is 0 Å². The van der Waals surface area contributed by atoms with Gasteiger partial charge in [-0.15, -0.1) is 0 Å². The number of benzene rings is 5. The van der Waals surface area contributed by atoms with E-state index in [2.05, 4.69) is 111 Å². The predicted octanol–water partition coefficient (Wildman–Crippen LogP) is 12.1. The van der Waals surface area contributed by atoms with Crippen LogP contribution < -0.4 is 0 Å². The van der Waals surface area contributed by atoms with E-state index in [1.54, 1.807) is 0 Å². The van der Waals surface area contributed by atoms with E-state index in [0.29, 0.717) is 34.9 Å². The molecule has 2 heterocycles. The van der Waals surface area contributed by atoms with Gasteiger partial charge in [-0.05, 0) is 72.9 Å². The maximum atomic E-state index is 4.97. The van der Waals surface area contributed by atoms with Crippen LogP contribution in [0.1, 0.15) is 48.5 Å². The molecule has 0 bridgehead atoms. The van der Waals surface area contributed by atoms with Crippen LogP contribution in [0.2, 0.25) is 0 Å². The summed E-state index contributed by atoms with van der Waals surface area (Å²) >= 11 is 0. The highest BCUT2D eigenvalue weighted by atomic mass is 15.0. The van der Waals surface area contributed by atoms with Gasteiger partial charge in [-0.2, -0.15) is 0 Å². The lowest BCUT2D eigenvalue weighted by atomic mass is 9.90. The molecule has 270 valence electrons. The van der Waals surface area contributed by atoms with Gasteiger partial charge in [0.2, 0.25) is 0 Å². The molecule has 6 nitrogen and oxygen atoms in total. The van der Waals surface area contributed by atoms with E-state index >= 15 is 0 Å². The van der Waals surface area contributed by atoms with Crippen LogP contribution in [0.25, 0.3) is 79.0 Å². The Morgan fingerprint density at radius 2 is 0.661 bits per heavy atom. The van der Waals surface area contributed by atoms with Crippen LogP contribution in [-0.2, 0) is 0 Å². The molecule has 7 aromatic rings. The van der Waals surface area contributed by atoms with Crippen molar-refractivity contribution in [3.05, 3.63) is 181 Å². The summed E-state index contributed by atoms with van der Waals surface area (Å²) in [5.41, 5.74) is 12.9. The van der Waals surface area contributed by atoms with Gasteiger partial charge in [-0.25, -0.2) is 29.9 Å². The monoisotopic (exact) mass is 724 g/mol. The number of aromatic nitrogens is 6. The topological polar surface area (TPSA) is 77.3 Å². The van der Waals surface area contributed by atoms with Gasteiger partial charge in [0.15, 0.2) is 34.9 Å². The SMILES string of the molecule is Cc1cc(-c2ccc(-c3nc(C4=CCCC=C4)nc(-c4ccccc4)n3)cc2)c(-c2ccc(-c3nc(C4=CCCC=C4)nc(-c4ccccc4)n3)cc2)cc1C. The van der Waals surface area contributed by atoms with Crippen LogP contribution >= 0.6 is 0 Å². The van der Waals surface area contributed by atoms with Crippen molar-refractivity contribution in [2.45, 2.75) is 39.5 Å². The summed E-state index contributed by atoms with van der Waals surface area (Å²) in [7, 11) is 0. The van der Waals surface area contributed by atoms with Gasteiger partial charge in [-0.1, -0.05) is 158 Å². The summed E-state index contributed by atoms with van der Waals surface area (Å²) in [6.45, 7) is 4.34. The minimum Gasteiger partial charge on any atom is -0.208 e. The van der Waals surface area contributed by atoms with Gasteiger partial charge in [0.1, 0.15) is 0 Å². The Kier molecular flexibility index (Phi) is 9.60. The zero-order valence-electron chi connectivity index (χ0n) is 31.5. The van der Waals surface area contributed by atoms with E-state index in [9.17, 15) is 0 Å². The average molecular weight is 725 g/mol. The molecule has 0 fully saturated rings.